The van der Waals surface area contributed by atoms with Crippen LogP contribution in [0.3, 0.4) is 0 Å². The molecule has 0 unspecified atom stereocenters. The van der Waals surface area contributed by atoms with Crippen molar-refractivity contribution in [3.63, 3.8) is 0 Å². The van der Waals surface area contributed by atoms with Gasteiger partial charge >= 0.3 is 5.97 Å². The van der Waals surface area contributed by atoms with Crippen LogP contribution in [0.5, 0.6) is 0 Å². The lowest BCUT2D eigenvalue weighted by Crippen LogP contribution is -2.73. The summed E-state index contributed by atoms with van der Waals surface area (Å²) in [6, 6.07) is -2.79. The number of aliphatic hydroxyl groups is 1. The summed E-state index contributed by atoms with van der Waals surface area (Å²) in [6.45, 7) is 5.81. The first-order valence-corrected chi connectivity index (χ1v) is 8.79. The molecule has 0 aromatic carbocycles. The number of carbonyl (C=O) groups excluding carboxylic acids is 2. The summed E-state index contributed by atoms with van der Waals surface area (Å²) in [5.74, 6) is -2.38. The van der Waals surface area contributed by atoms with Crippen molar-refractivity contribution in [2.24, 2.45) is 5.92 Å². The average molecular weight is 362 g/mol. The smallest absolute Gasteiger partial charge is 0.326 e. The minimum atomic E-state index is -1.11. The first-order chi connectivity index (χ1) is 11.6. The fraction of sp³-hybridized carbons (Fsp3) is 0.812. The van der Waals surface area contributed by atoms with Crippen molar-refractivity contribution in [3.05, 3.63) is 0 Å². The van der Waals surface area contributed by atoms with Gasteiger partial charge < -0.3 is 32.3 Å². The molecule has 0 fully saturated rings. The highest BCUT2D eigenvalue weighted by molar-refractivity contribution is 5.91. The lowest BCUT2D eigenvalue weighted by atomic mass is 9.97. The summed E-state index contributed by atoms with van der Waals surface area (Å²) in [5, 5.41) is 23.8. The predicted octanol–water partition coefficient (Wildman–Crippen LogP) is -2.51. The molecule has 0 aliphatic heterocycles. The second kappa shape index (κ2) is 11.8. The maximum Gasteiger partial charge on any atom is 0.326 e. The van der Waals surface area contributed by atoms with Gasteiger partial charge in [-0.05, 0) is 32.1 Å². The molecular weight excluding hydrogens is 328 g/mol. The highest BCUT2D eigenvalue weighted by atomic mass is 16.4. The number of hydrogen-bond acceptors (Lipinski definition) is 4. The van der Waals surface area contributed by atoms with Gasteiger partial charge in [-0.3, -0.25) is 9.59 Å². The van der Waals surface area contributed by atoms with Gasteiger partial charge in [-0.25, -0.2) is 4.79 Å². The van der Waals surface area contributed by atoms with E-state index in [-0.39, 0.29) is 5.92 Å². The Kier molecular flexibility index (Phi) is 11.0. The number of nitrogens with one attached hydrogen (secondary N) is 2. The van der Waals surface area contributed by atoms with E-state index >= 15 is 0 Å². The van der Waals surface area contributed by atoms with E-state index in [2.05, 4.69) is 22.1 Å². The zero-order chi connectivity index (χ0) is 19.6. The van der Waals surface area contributed by atoms with Crippen LogP contribution in [0.2, 0.25) is 0 Å². The second-order valence-electron chi connectivity index (χ2n) is 6.47. The molecule has 2 amide bonds. The molecule has 0 saturated carbocycles. The van der Waals surface area contributed by atoms with E-state index in [1.807, 2.05) is 6.92 Å². The molecule has 0 rings (SSSR count). The second-order valence-corrected chi connectivity index (χ2v) is 6.47. The summed E-state index contributed by atoms with van der Waals surface area (Å²) in [7, 11) is 0. The van der Waals surface area contributed by atoms with Gasteiger partial charge in [0.2, 0.25) is 5.91 Å². The third-order valence-corrected chi connectivity index (χ3v) is 4.32. The van der Waals surface area contributed by atoms with Crippen molar-refractivity contribution in [3.8, 4) is 0 Å². The van der Waals surface area contributed by atoms with E-state index in [1.165, 1.54) is 6.92 Å². The largest absolute Gasteiger partial charge is 0.480 e. The van der Waals surface area contributed by atoms with Gasteiger partial charge in [0.15, 0.2) is 6.04 Å². The van der Waals surface area contributed by atoms with Crippen molar-refractivity contribution in [2.45, 2.75) is 70.7 Å². The molecule has 5 atom stereocenters. The van der Waals surface area contributed by atoms with Crippen LogP contribution in [0, 0.1) is 5.92 Å². The summed E-state index contributed by atoms with van der Waals surface area (Å²) < 4.78 is 0. The maximum atomic E-state index is 12.5. The van der Waals surface area contributed by atoms with Crippen LogP contribution in [0.1, 0.15) is 46.5 Å². The molecule has 0 aliphatic carbocycles. The Bertz CT molecular complexity index is 444. The van der Waals surface area contributed by atoms with Gasteiger partial charge in [-0.1, -0.05) is 20.3 Å². The summed E-state index contributed by atoms with van der Waals surface area (Å²) in [6.07, 6.45) is 1.40. The third-order valence-electron chi connectivity index (χ3n) is 4.32. The van der Waals surface area contributed by atoms with Gasteiger partial charge in [0.1, 0.15) is 18.2 Å². The van der Waals surface area contributed by atoms with Crippen molar-refractivity contribution >= 4 is 17.8 Å². The van der Waals surface area contributed by atoms with Gasteiger partial charge in [-0.15, -0.1) is 0 Å². The molecule has 9 nitrogen and oxygen atoms in total. The average Bonchev–Trinajstić information content (AvgIpc) is 2.56. The number of carboxylic acids is 1. The van der Waals surface area contributed by atoms with E-state index in [4.69, 9.17) is 0 Å². The van der Waals surface area contributed by atoms with Crippen molar-refractivity contribution in [2.75, 3.05) is 6.54 Å². The number of carboxylic acid groups (broad SMARTS) is 1. The standard InChI is InChI=1S/C16H32N4O5/c1-4-9(2)13(20-14(22)12(18)10(3)21)15(23)19-11(16(24)25)7-5-6-8-17/h9-13,21H,4-8,17-18H2,1-3H3,(H,19,23)(H,20,22)(H,24,25)/p+2/t9-,10+,11-,12-,13-/m0/s1. The summed E-state index contributed by atoms with van der Waals surface area (Å²) in [5.41, 5.74) is 7.29. The third kappa shape index (κ3) is 8.28. The van der Waals surface area contributed by atoms with E-state index in [0.717, 1.165) is 6.42 Å². The molecule has 0 saturated heterocycles. The Hall–Kier alpha value is -1.71. The molecule has 0 aromatic rings. The lowest BCUT2D eigenvalue weighted by molar-refractivity contribution is -0.419. The van der Waals surface area contributed by atoms with Gasteiger partial charge in [0.05, 0.1) is 6.54 Å². The Labute approximate surface area is 148 Å². The Morgan fingerprint density at radius 2 is 1.68 bits per heavy atom. The number of aliphatic hydroxyl groups excluding tert-OH is 1. The Balaban J connectivity index is 5.03. The first kappa shape index (κ1) is 23.3. The molecule has 9 heteroatoms. The maximum absolute atomic E-state index is 12.5. The van der Waals surface area contributed by atoms with Crippen LogP contribution in [-0.2, 0) is 14.4 Å². The SMILES string of the molecule is CC[C@H](C)[C@H](NC(=O)[C@@H]([NH3+])[C@@H](C)O)C(=O)N[C@@H](CCCC[NH3+])C(=O)O. The number of amides is 2. The van der Waals surface area contributed by atoms with Crippen LogP contribution in [0.15, 0.2) is 0 Å². The molecule has 0 radical (unpaired) electrons. The highest BCUT2D eigenvalue weighted by Crippen LogP contribution is 2.10. The van der Waals surface area contributed by atoms with Crippen LogP contribution in [0.4, 0.5) is 0 Å². The van der Waals surface area contributed by atoms with Crippen LogP contribution in [0.25, 0.3) is 0 Å². The Morgan fingerprint density at radius 3 is 2.12 bits per heavy atom. The predicted molar refractivity (Wildman–Crippen MR) is 90.9 cm³/mol. The molecule has 146 valence electrons. The van der Waals surface area contributed by atoms with Crippen molar-refractivity contribution in [1.82, 2.24) is 10.6 Å². The molecule has 0 bridgehead atoms. The number of carbonyl (C=O) groups is 3. The summed E-state index contributed by atoms with van der Waals surface area (Å²) >= 11 is 0. The zero-order valence-corrected chi connectivity index (χ0v) is 15.5. The fourth-order valence-electron chi connectivity index (χ4n) is 2.23. The molecule has 0 heterocycles. The van der Waals surface area contributed by atoms with Gasteiger partial charge in [0, 0.05) is 0 Å². The number of unbranched alkanes of at least 4 members (excludes halogenated alkanes) is 1. The monoisotopic (exact) mass is 362 g/mol. The lowest BCUT2D eigenvalue weighted by Gasteiger charge is -2.26. The van der Waals surface area contributed by atoms with E-state index in [9.17, 15) is 24.6 Å². The van der Waals surface area contributed by atoms with Gasteiger partial charge in [0.25, 0.3) is 5.91 Å². The number of rotatable bonds is 12. The van der Waals surface area contributed by atoms with E-state index in [0.29, 0.717) is 25.8 Å². The minimum Gasteiger partial charge on any atom is -0.480 e. The number of hydrogen-bond donors (Lipinski definition) is 6. The quantitative estimate of drug-likeness (QED) is 0.210. The topological polar surface area (TPSA) is 171 Å². The number of aliphatic carboxylic acids is 1. The zero-order valence-electron chi connectivity index (χ0n) is 15.5. The van der Waals surface area contributed by atoms with Crippen LogP contribution >= 0.6 is 0 Å². The van der Waals surface area contributed by atoms with Crippen LogP contribution < -0.4 is 22.1 Å². The summed E-state index contributed by atoms with van der Waals surface area (Å²) in [4.78, 5) is 36.0. The molecule has 0 spiro atoms. The van der Waals surface area contributed by atoms with Crippen molar-refractivity contribution in [1.29, 1.82) is 0 Å². The fourth-order valence-corrected chi connectivity index (χ4v) is 2.23. The molecule has 25 heavy (non-hydrogen) atoms. The van der Waals surface area contributed by atoms with Crippen LogP contribution in [-0.4, -0.2) is 58.8 Å². The molecule has 0 aliphatic rings. The van der Waals surface area contributed by atoms with E-state index in [1.54, 1.807) is 6.92 Å². The molecule has 10 N–H and O–H groups in total. The van der Waals surface area contributed by atoms with Gasteiger partial charge in [-0.2, -0.15) is 0 Å². The highest BCUT2D eigenvalue weighted by Gasteiger charge is 2.32. The molecular formula is C16H34N4O5+2. The van der Waals surface area contributed by atoms with Crippen molar-refractivity contribution < 1.29 is 36.1 Å². The Morgan fingerprint density at radius 1 is 1.08 bits per heavy atom. The minimum absolute atomic E-state index is 0.195. The van der Waals surface area contributed by atoms with E-state index < -0.39 is 42.0 Å². The normalized spacial score (nSPS) is 17.0. The first-order valence-electron chi connectivity index (χ1n) is 8.79. The molecule has 0 aromatic heterocycles. The number of quaternary nitrogens is 2.